The van der Waals surface area contributed by atoms with E-state index in [1.54, 1.807) is 31.2 Å². The molecule has 2 nitrogen and oxygen atoms in total. The fraction of sp³-hybridized carbons (Fsp3) is 0.455. The van der Waals surface area contributed by atoms with Crippen LogP contribution >= 0.6 is 15.9 Å². The van der Waals surface area contributed by atoms with Crippen molar-refractivity contribution in [3.05, 3.63) is 34.3 Å². The minimum absolute atomic E-state index is 0.531. The maximum absolute atomic E-state index is 12.1. The monoisotopic (exact) mass is 311 g/mol. The van der Waals surface area contributed by atoms with E-state index in [9.17, 15) is 13.2 Å². The Balaban J connectivity index is 2.84. The van der Waals surface area contributed by atoms with E-state index in [0.717, 1.165) is 0 Å². The summed E-state index contributed by atoms with van der Waals surface area (Å²) in [5, 5.41) is 0. The van der Waals surface area contributed by atoms with Crippen LogP contribution in [0.2, 0.25) is 0 Å². The van der Waals surface area contributed by atoms with Gasteiger partial charge in [-0.2, -0.15) is 13.2 Å². The highest BCUT2D eigenvalue weighted by Gasteiger charge is 2.31. The number of benzene rings is 1. The van der Waals surface area contributed by atoms with Crippen LogP contribution in [0.3, 0.4) is 0 Å². The molecule has 0 spiro atoms. The van der Waals surface area contributed by atoms with E-state index in [4.69, 9.17) is 10.5 Å². The highest BCUT2D eigenvalue weighted by Crippen LogP contribution is 2.29. The van der Waals surface area contributed by atoms with Gasteiger partial charge in [0.2, 0.25) is 0 Å². The number of rotatable bonds is 4. The molecule has 0 saturated heterocycles. The molecule has 0 saturated carbocycles. The predicted molar refractivity (Wildman–Crippen MR) is 62.5 cm³/mol. The lowest BCUT2D eigenvalue weighted by Gasteiger charge is -2.23. The lowest BCUT2D eigenvalue weighted by Crippen LogP contribution is -2.30. The first-order valence-corrected chi connectivity index (χ1v) is 5.79. The maximum atomic E-state index is 12.1. The molecule has 96 valence electrons. The van der Waals surface area contributed by atoms with E-state index in [1.807, 2.05) is 0 Å². The van der Waals surface area contributed by atoms with Crippen molar-refractivity contribution >= 4 is 15.9 Å². The number of hydrogen-bond donors (Lipinski definition) is 1. The molecule has 0 aromatic heterocycles. The zero-order valence-electron chi connectivity index (χ0n) is 9.17. The molecule has 0 heterocycles. The van der Waals surface area contributed by atoms with E-state index < -0.39 is 24.9 Å². The van der Waals surface area contributed by atoms with Crippen LogP contribution in [0, 0.1) is 0 Å². The van der Waals surface area contributed by atoms with Crippen molar-refractivity contribution in [1.29, 1.82) is 0 Å². The van der Waals surface area contributed by atoms with Gasteiger partial charge >= 0.3 is 6.18 Å². The first kappa shape index (κ1) is 14.5. The fourth-order valence-corrected chi connectivity index (χ4v) is 1.93. The van der Waals surface area contributed by atoms with Crippen molar-refractivity contribution in [3.63, 3.8) is 0 Å². The molecule has 0 radical (unpaired) electrons. The molecule has 17 heavy (non-hydrogen) atoms. The zero-order chi connectivity index (χ0) is 13.1. The van der Waals surface area contributed by atoms with Crippen LogP contribution < -0.4 is 5.73 Å². The third-order valence-corrected chi connectivity index (χ3v) is 2.84. The van der Waals surface area contributed by atoms with Gasteiger partial charge in [-0.3, -0.25) is 0 Å². The molecule has 0 aliphatic rings. The van der Waals surface area contributed by atoms with Crippen molar-refractivity contribution in [2.75, 3.05) is 6.61 Å². The summed E-state index contributed by atoms with van der Waals surface area (Å²) in [6, 6.07) is 6.40. The van der Waals surface area contributed by atoms with Crippen LogP contribution in [0.5, 0.6) is 0 Å². The fourth-order valence-electron chi connectivity index (χ4n) is 1.41. The second-order valence-electron chi connectivity index (χ2n) is 3.73. The first-order chi connectivity index (χ1) is 7.81. The van der Waals surface area contributed by atoms with E-state index in [-0.39, 0.29) is 0 Å². The van der Waals surface area contributed by atoms with E-state index in [1.165, 1.54) is 0 Å². The normalized spacial score (nSPS) is 15.6. The average molecular weight is 312 g/mol. The Labute approximate surface area is 106 Å². The standard InChI is InChI=1S/C11H13BrF3NO/c1-7(16)10(17-6-11(13,14)15)8-4-2-3-5-9(8)12/h2-5,7,10H,6,16H2,1H3. The van der Waals surface area contributed by atoms with Gasteiger partial charge < -0.3 is 10.5 Å². The van der Waals surface area contributed by atoms with Gasteiger partial charge in [-0.25, -0.2) is 0 Å². The molecule has 0 bridgehead atoms. The molecule has 0 aliphatic carbocycles. The van der Waals surface area contributed by atoms with Crippen LogP contribution in [0.15, 0.2) is 28.7 Å². The second kappa shape index (κ2) is 5.84. The summed E-state index contributed by atoms with van der Waals surface area (Å²) in [5.41, 5.74) is 6.27. The molecule has 1 rings (SSSR count). The smallest absolute Gasteiger partial charge is 0.362 e. The van der Waals surface area contributed by atoms with Crippen LogP contribution in [0.25, 0.3) is 0 Å². The largest absolute Gasteiger partial charge is 0.411 e. The number of alkyl halides is 3. The highest BCUT2D eigenvalue weighted by molar-refractivity contribution is 9.10. The molecule has 2 N–H and O–H groups in total. The quantitative estimate of drug-likeness (QED) is 0.924. The van der Waals surface area contributed by atoms with Crippen LogP contribution in [-0.2, 0) is 4.74 Å². The average Bonchev–Trinajstić information content (AvgIpc) is 2.18. The number of ether oxygens (including phenoxy) is 1. The minimum Gasteiger partial charge on any atom is -0.362 e. The Hall–Kier alpha value is -0.590. The minimum atomic E-state index is -4.35. The molecule has 2 unspecified atom stereocenters. The van der Waals surface area contributed by atoms with Gasteiger partial charge in [0, 0.05) is 10.5 Å². The van der Waals surface area contributed by atoms with Gasteiger partial charge in [0.15, 0.2) is 0 Å². The Morgan fingerprint density at radius 2 is 1.94 bits per heavy atom. The number of halogens is 4. The first-order valence-electron chi connectivity index (χ1n) is 4.99. The summed E-state index contributed by atoms with van der Waals surface area (Å²) in [4.78, 5) is 0. The van der Waals surface area contributed by atoms with Gasteiger partial charge in [-0.1, -0.05) is 34.1 Å². The zero-order valence-corrected chi connectivity index (χ0v) is 10.8. The van der Waals surface area contributed by atoms with E-state index in [2.05, 4.69) is 15.9 Å². The molecule has 1 aromatic rings. The summed E-state index contributed by atoms with van der Waals surface area (Å²) in [6.45, 7) is 0.307. The molecular formula is C11H13BrF3NO. The molecule has 0 amide bonds. The summed E-state index contributed by atoms with van der Waals surface area (Å²) >= 11 is 3.27. The summed E-state index contributed by atoms with van der Waals surface area (Å²) in [6.07, 6.45) is -5.14. The van der Waals surface area contributed by atoms with Gasteiger partial charge in [0.05, 0.1) is 6.10 Å². The Kier molecular flexibility index (Phi) is 4.97. The lowest BCUT2D eigenvalue weighted by atomic mass is 10.0. The molecule has 0 fully saturated rings. The highest BCUT2D eigenvalue weighted by atomic mass is 79.9. The van der Waals surface area contributed by atoms with Gasteiger partial charge in [0.1, 0.15) is 6.61 Å². The van der Waals surface area contributed by atoms with Gasteiger partial charge in [0.25, 0.3) is 0 Å². The summed E-state index contributed by atoms with van der Waals surface area (Å²) in [5.74, 6) is 0. The van der Waals surface area contributed by atoms with Gasteiger partial charge in [-0.15, -0.1) is 0 Å². The third kappa shape index (κ3) is 4.65. The van der Waals surface area contributed by atoms with Crippen molar-refractivity contribution in [3.8, 4) is 0 Å². The van der Waals surface area contributed by atoms with Crippen molar-refractivity contribution in [2.45, 2.75) is 25.2 Å². The molecule has 2 atom stereocenters. The van der Waals surface area contributed by atoms with Crippen molar-refractivity contribution in [1.82, 2.24) is 0 Å². The predicted octanol–water partition coefficient (Wildman–Crippen LogP) is 3.42. The Morgan fingerprint density at radius 3 is 2.41 bits per heavy atom. The SMILES string of the molecule is CC(N)C(OCC(F)(F)F)c1ccccc1Br. The van der Waals surface area contributed by atoms with Crippen LogP contribution in [0.4, 0.5) is 13.2 Å². The van der Waals surface area contributed by atoms with Crippen molar-refractivity contribution in [2.24, 2.45) is 5.73 Å². The molecule has 6 heteroatoms. The van der Waals surface area contributed by atoms with E-state index >= 15 is 0 Å². The van der Waals surface area contributed by atoms with Crippen LogP contribution in [-0.4, -0.2) is 18.8 Å². The number of nitrogens with two attached hydrogens (primary N) is 1. The maximum Gasteiger partial charge on any atom is 0.411 e. The summed E-state index contributed by atoms with van der Waals surface area (Å²) in [7, 11) is 0. The van der Waals surface area contributed by atoms with Crippen LogP contribution in [0.1, 0.15) is 18.6 Å². The van der Waals surface area contributed by atoms with E-state index in [0.29, 0.717) is 10.0 Å². The lowest BCUT2D eigenvalue weighted by molar-refractivity contribution is -0.187. The molecular weight excluding hydrogens is 299 g/mol. The third-order valence-electron chi connectivity index (χ3n) is 2.12. The Bertz CT molecular complexity index is 368. The second-order valence-corrected chi connectivity index (χ2v) is 4.58. The number of hydrogen-bond acceptors (Lipinski definition) is 2. The molecule has 0 aliphatic heterocycles. The Morgan fingerprint density at radius 1 is 1.35 bits per heavy atom. The van der Waals surface area contributed by atoms with Gasteiger partial charge in [-0.05, 0) is 18.6 Å². The topological polar surface area (TPSA) is 35.2 Å². The van der Waals surface area contributed by atoms with Crippen molar-refractivity contribution < 1.29 is 17.9 Å². The molecule has 1 aromatic carbocycles. The summed E-state index contributed by atoms with van der Waals surface area (Å²) < 4.78 is 41.9.